The van der Waals surface area contributed by atoms with Crippen molar-refractivity contribution in [2.45, 2.75) is 103 Å². The van der Waals surface area contributed by atoms with Gasteiger partial charge in [-0.15, -0.1) is 0 Å². The van der Waals surface area contributed by atoms with Gasteiger partial charge in [0.1, 0.15) is 61.0 Å². The lowest BCUT2D eigenvalue weighted by Gasteiger charge is -2.48. The second-order valence-electron chi connectivity index (χ2n) is 12.3. The van der Waals surface area contributed by atoms with Gasteiger partial charge in [0.15, 0.2) is 30.7 Å². The van der Waals surface area contributed by atoms with Gasteiger partial charge in [-0.2, -0.15) is 0 Å². The number of aliphatic hydroxyl groups is 1. The van der Waals surface area contributed by atoms with Crippen LogP contribution in [-0.2, 0) is 71.4 Å². The molecule has 0 spiro atoms. The minimum atomic E-state index is -1.80. The zero-order valence-corrected chi connectivity index (χ0v) is 30.2. The van der Waals surface area contributed by atoms with Gasteiger partial charge in [-0.25, -0.2) is 4.39 Å². The summed E-state index contributed by atoms with van der Waals surface area (Å²) < 4.78 is 70.2. The molecule has 0 aliphatic carbocycles. The average Bonchev–Trinajstić information content (AvgIpc) is 3.07. The molecule has 1 N–H and O–H groups in total. The first-order valence-electron chi connectivity index (χ1n) is 16.7. The Balaban J connectivity index is 1.79. The Kier molecular flexibility index (Phi) is 14.4. The van der Waals surface area contributed by atoms with E-state index in [0.29, 0.717) is 11.3 Å². The summed E-state index contributed by atoms with van der Waals surface area (Å²) >= 11 is 0. The number of esters is 6. The first-order chi connectivity index (χ1) is 25.5. The summed E-state index contributed by atoms with van der Waals surface area (Å²) in [6.07, 6.45) is -15.6. The predicted octanol–water partition coefficient (Wildman–Crippen LogP) is 2.38. The monoisotopic (exact) mass is 764 g/mol. The molecule has 2 aliphatic rings. The van der Waals surface area contributed by atoms with Crippen LogP contribution in [0.5, 0.6) is 11.5 Å². The van der Waals surface area contributed by atoms with E-state index in [1.54, 1.807) is 18.2 Å². The van der Waals surface area contributed by atoms with Crippen molar-refractivity contribution in [3.05, 3.63) is 59.9 Å². The molecule has 0 aromatic heterocycles. The highest BCUT2D eigenvalue weighted by Gasteiger charge is 2.56. The molecule has 0 unspecified atom stereocenters. The Morgan fingerprint density at radius 2 is 1.11 bits per heavy atom. The normalized spacial score (nSPS) is 27.8. The highest BCUT2D eigenvalue weighted by molar-refractivity contribution is 5.69. The number of hydrogen-bond donors (Lipinski definition) is 1. The van der Waals surface area contributed by atoms with E-state index < -0.39 is 116 Å². The molecule has 0 radical (unpaired) electrons. The van der Waals surface area contributed by atoms with Crippen LogP contribution in [0.15, 0.2) is 48.5 Å². The number of rotatable bonds is 13. The van der Waals surface area contributed by atoms with Gasteiger partial charge >= 0.3 is 35.8 Å². The summed E-state index contributed by atoms with van der Waals surface area (Å²) in [5.41, 5.74) is 0.298. The molecule has 2 heterocycles. The summed E-state index contributed by atoms with van der Waals surface area (Å²) in [5, 5.41) is 12.0. The SMILES string of the molecule is CC(=O)OC[C@H]1O[C@H](O[C@@H]2[C@H](O)[C@@H](c3cccc(Oc4ccc(F)cc4)c3)O[C@H](COC(C)=O)[C@H]2OC(C)=O)[C@H](OC(C)=O)[C@H](OC(C)=O)[C@@H]1OC(C)=O. The summed E-state index contributed by atoms with van der Waals surface area (Å²) in [6.45, 7) is 5.38. The molecule has 0 saturated carbocycles. The first-order valence-corrected chi connectivity index (χ1v) is 16.7. The molecule has 54 heavy (non-hydrogen) atoms. The summed E-state index contributed by atoms with van der Waals surface area (Å²) in [7, 11) is 0. The summed E-state index contributed by atoms with van der Waals surface area (Å²) in [6, 6.07) is 11.5. The number of aliphatic hydroxyl groups excluding tert-OH is 1. The molecule has 18 heteroatoms. The lowest BCUT2D eigenvalue weighted by molar-refractivity contribution is -0.345. The van der Waals surface area contributed by atoms with Crippen LogP contribution < -0.4 is 4.74 Å². The number of hydrogen-bond acceptors (Lipinski definition) is 17. The molecule has 17 nitrogen and oxygen atoms in total. The maximum Gasteiger partial charge on any atom is 0.303 e. The molecular formula is C36H41FO17. The van der Waals surface area contributed by atoms with Crippen LogP contribution in [0, 0.1) is 5.82 Å². The number of benzene rings is 2. The zero-order chi connectivity index (χ0) is 39.7. The molecule has 2 saturated heterocycles. The van der Waals surface area contributed by atoms with E-state index in [4.69, 9.17) is 47.4 Å². The number of carbonyl (C=O) groups excluding carboxylic acids is 6. The van der Waals surface area contributed by atoms with Crippen molar-refractivity contribution in [1.29, 1.82) is 0 Å². The Bertz CT molecular complexity index is 1660. The van der Waals surface area contributed by atoms with Crippen molar-refractivity contribution >= 4 is 35.8 Å². The van der Waals surface area contributed by atoms with E-state index in [-0.39, 0.29) is 5.75 Å². The minimum absolute atomic E-state index is 0.255. The van der Waals surface area contributed by atoms with Crippen molar-refractivity contribution in [2.75, 3.05) is 13.2 Å². The maximum atomic E-state index is 13.5. The van der Waals surface area contributed by atoms with Gasteiger partial charge in [-0.3, -0.25) is 28.8 Å². The van der Waals surface area contributed by atoms with E-state index in [1.807, 2.05) is 0 Å². The molecule has 2 aromatic carbocycles. The molecule has 0 amide bonds. The molecule has 2 aromatic rings. The third-order valence-electron chi connectivity index (χ3n) is 7.89. The van der Waals surface area contributed by atoms with E-state index >= 15 is 0 Å². The highest BCUT2D eigenvalue weighted by atomic mass is 19.1. The van der Waals surface area contributed by atoms with Gasteiger partial charge in [0, 0.05) is 41.5 Å². The van der Waals surface area contributed by atoms with Crippen molar-refractivity contribution < 1.29 is 85.6 Å². The maximum absolute atomic E-state index is 13.5. The number of carbonyl (C=O) groups is 6. The fourth-order valence-corrected chi connectivity index (χ4v) is 5.87. The van der Waals surface area contributed by atoms with E-state index in [1.165, 1.54) is 30.3 Å². The number of ether oxygens (including phenoxy) is 10. The fraction of sp³-hybridized carbons (Fsp3) is 0.500. The Hall–Kier alpha value is -5.17. The molecule has 294 valence electrons. The Labute approximate surface area is 308 Å². The Morgan fingerprint density at radius 1 is 0.611 bits per heavy atom. The van der Waals surface area contributed by atoms with Crippen LogP contribution in [0.4, 0.5) is 4.39 Å². The second-order valence-corrected chi connectivity index (χ2v) is 12.3. The lowest BCUT2D eigenvalue weighted by atomic mass is 9.90. The van der Waals surface area contributed by atoms with Gasteiger partial charge in [-0.05, 0) is 42.0 Å². The van der Waals surface area contributed by atoms with Gasteiger partial charge in [0.05, 0.1) is 0 Å². The first kappa shape index (κ1) is 41.6. The predicted molar refractivity (Wildman–Crippen MR) is 176 cm³/mol. The van der Waals surface area contributed by atoms with Gasteiger partial charge in [0.2, 0.25) is 0 Å². The van der Waals surface area contributed by atoms with E-state index in [0.717, 1.165) is 41.5 Å². The molecule has 10 atom stereocenters. The van der Waals surface area contributed by atoms with Crippen LogP contribution in [-0.4, -0.2) is 109 Å². The van der Waals surface area contributed by atoms with Crippen molar-refractivity contribution in [2.24, 2.45) is 0 Å². The van der Waals surface area contributed by atoms with Crippen molar-refractivity contribution in [3.8, 4) is 11.5 Å². The van der Waals surface area contributed by atoms with Gasteiger partial charge in [0.25, 0.3) is 0 Å². The molecular weight excluding hydrogens is 723 g/mol. The quantitative estimate of drug-likeness (QED) is 0.229. The smallest absolute Gasteiger partial charge is 0.303 e. The van der Waals surface area contributed by atoms with E-state index in [9.17, 15) is 38.3 Å². The minimum Gasteiger partial charge on any atom is -0.463 e. The fourth-order valence-electron chi connectivity index (χ4n) is 5.87. The third-order valence-corrected chi connectivity index (χ3v) is 7.89. The van der Waals surface area contributed by atoms with Crippen LogP contribution in [0.3, 0.4) is 0 Å². The third kappa shape index (κ3) is 11.4. The Morgan fingerprint density at radius 3 is 1.65 bits per heavy atom. The van der Waals surface area contributed by atoms with Gasteiger partial charge < -0.3 is 52.5 Å². The molecule has 2 aliphatic heterocycles. The van der Waals surface area contributed by atoms with E-state index in [2.05, 4.69) is 0 Å². The standard InChI is InChI=1S/C36H41FO17/c1-17(38)45-15-27-31(47-19(3)40)33(29(44)30(52-27)23-8-7-9-26(14-23)51-25-12-10-24(37)11-13-25)54-36-35(50-22(6)43)34(49-21(5)42)32(48-20(4)41)28(53-36)16-46-18(2)39/h7-14,27-36,44H,15-16H2,1-6H3/t27-,28-,29-,30-,31-,32-,33-,34-,35-,36-/m1/s1. The van der Waals surface area contributed by atoms with Crippen molar-refractivity contribution in [3.63, 3.8) is 0 Å². The summed E-state index contributed by atoms with van der Waals surface area (Å²) in [5.74, 6) is -4.90. The summed E-state index contributed by atoms with van der Waals surface area (Å²) in [4.78, 5) is 73.1. The molecule has 4 rings (SSSR count). The molecule has 0 bridgehead atoms. The second kappa shape index (κ2) is 18.7. The molecule has 2 fully saturated rings. The van der Waals surface area contributed by atoms with Crippen molar-refractivity contribution in [1.82, 2.24) is 0 Å². The van der Waals surface area contributed by atoms with Crippen LogP contribution in [0.2, 0.25) is 0 Å². The lowest BCUT2D eigenvalue weighted by Crippen LogP contribution is -2.66. The largest absolute Gasteiger partial charge is 0.463 e. The van der Waals surface area contributed by atoms with Crippen LogP contribution in [0.1, 0.15) is 53.2 Å². The number of halogens is 1. The topological polar surface area (TPSA) is 215 Å². The zero-order valence-electron chi connectivity index (χ0n) is 30.2. The average molecular weight is 765 g/mol. The van der Waals surface area contributed by atoms with Crippen LogP contribution >= 0.6 is 0 Å². The van der Waals surface area contributed by atoms with Gasteiger partial charge in [-0.1, -0.05) is 12.1 Å². The highest BCUT2D eigenvalue weighted by Crippen LogP contribution is 2.39. The van der Waals surface area contributed by atoms with Crippen LogP contribution in [0.25, 0.3) is 0 Å².